The highest BCUT2D eigenvalue weighted by Crippen LogP contribution is 2.16. The van der Waals surface area contributed by atoms with Crippen molar-refractivity contribution >= 4 is 11.6 Å². The van der Waals surface area contributed by atoms with Gasteiger partial charge in [0.05, 0.1) is 30.7 Å². The maximum atomic E-state index is 12.2. The van der Waals surface area contributed by atoms with Gasteiger partial charge in [0.15, 0.2) is 0 Å². The quantitative estimate of drug-likeness (QED) is 0.920. The van der Waals surface area contributed by atoms with Crippen molar-refractivity contribution in [3.05, 3.63) is 54.1 Å². The molecule has 0 aliphatic carbocycles. The highest BCUT2D eigenvalue weighted by molar-refractivity contribution is 5.94. The van der Waals surface area contributed by atoms with Crippen LogP contribution >= 0.6 is 0 Å². The predicted molar refractivity (Wildman–Crippen MR) is 82.7 cm³/mol. The summed E-state index contributed by atoms with van der Waals surface area (Å²) in [4.78, 5) is 22.6. The Labute approximate surface area is 129 Å². The molecule has 0 atom stereocenters. The molecule has 1 amide bonds. The Hall–Kier alpha value is -2.47. The molecule has 0 aromatic carbocycles. The second kappa shape index (κ2) is 7.00. The van der Waals surface area contributed by atoms with E-state index in [9.17, 15) is 4.79 Å². The van der Waals surface area contributed by atoms with Crippen molar-refractivity contribution < 1.29 is 9.53 Å². The number of morpholine rings is 1. The van der Waals surface area contributed by atoms with E-state index in [1.54, 1.807) is 24.8 Å². The second-order valence-electron chi connectivity index (χ2n) is 5.08. The van der Waals surface area contributed by atoms with E-state index >= 15 is 0 Å². The molecule has 114 valence electrons. The molecule has 6 heteroatoms. The summed E-state index contributed by atoms with van der Waals surface area (Å²) in [6.07, 6.45) is 6.81. The van der Waals surface area contributed by atoms with Gasteiger partial charge in [0.2, 0.25) is 0 Å². The largest absolute Gasteiger partial charge is 0.378 e. The van der Waals surface area contributed by atoms with E-state index < -0.39 is 0 Å². The number of carbonyl (C=O) groups is 1. The summed E-state index contributed by atoms with van der Waals surface area (Å²) in [5, 5.41) is 2.88. The molecule has 0 unspecified atom stereocenters. The van der Waals surface area contributed by atoms with Crippen molar-refractivity contribution in [2.45, 2.75) is 6.54 Å². The number of anilines is 1. The Morgan fingerprint density at radius 3 is 2.86 bits per heavy atom. The lowest BCUT2D eigenvalue weighted by Crippen LogP contribution is -2.36. The summed E-state index contributed by atoms with van der Waals surface area (Å²) >= 11 is 0. The molecule has 1 saturated heterocycles. The van der Waals surface area contributed by atoms with Gasteiger partial charge in [0.25, 0.3) is 5.91 Å². The first kappa shape index (κ1) is 14.5. The van der Waals surface area contributed by atoms with Gasteiger partial charge in [-0.3, -0.25) is 14.8 Å². The van der Waals surface area contributed by atoms with Crippen LogP contribution in [0.4, 0.5) is 5.69 Å². The Bertz CT molecular complexity index is 627. The van der Waals surface area contributed by atoms with Crippen molar-refractivity contribution in [3.8, 4) is 0 Å². The van der Waals surface area contributed by atoms with Crippen LogP contribution in [0, 0.1) is 0 Å². The van der Waals surface area contributed by atoms with Crippen molar-refractivity contribution in [1.29, 1.82) is 0 Å². The number of ether oxygens (including phenoxy) is 1. The number of amides is 1. The fraction of sp³-hybridized carbons (Fsp3) is 0.312. The number of hydrogen-bond acceptors (Lipinski definition) is 5. The van der Waals surface area contributed by atoms with E-state index in [-0.39, 0.29) is 5.91 Å². The molecule has 1 aliphatic rings. The van der Waals surface area contributed by atoms with E-state index in [2.05, 4.69) is 20.2 Å². The zero-order chi connectivity index (χ0) is 15.2. The van der Waals surface area contributed by atoms with Gasteiger partial charge in [-0.15, -0.1) is 0 Å². The summed E-state index contributed by atoms with van der Waals surface area (Å²) < 4.78 is 5.34. The molecular formula is C16H18N4O2. The van der Waals surface area contributed by atoms with Crippen LogP contribution in [0.2, 0.25) is 0 Å². The minimum atomic E-state index is -0.133. The molecule has 3 rings (SSSR count). The van der Waals surface area contributed by atoms with Gasteiger partial charge >= 0.3 is 0 Å². The Morgan fingerprint density at radius 2 is 2.09 bits per heavy atom. The molecule has 0 saturated carbocycles. The first-order chi connectivity index (χ1) is 10.8. The van der Waals surface area contributed by atoms with Crippen molar-refractivity contribution in [3.63, 3.8) is 0 Å². The van der Waals surface area contributed by atoms with Gasteiger partial charge < -0.3 is 15.0 Å². The number of pyridine rings is 2. The average molecular weight is 298 g/mol. The Balaban J connectivity index is 1.64. The highest BCUT2D eigenvalue weighted by Gasteiger charge is 2.14. The van der Waals surface area contributed by atoms with Gasteiger partial charge in [-0.2, -0.15) is 0 Å². The molecular weight excluding hydrogens is 280 g/mol. The maximum absolute atomic E-state index is 12.2. The maximum Gasteiger partial charge on any atom is 0.253 e. The van der Waals surface area contributed by atoms with E-state index in [4.69, 9.17) is 4.74 Å². The topological polar surface area (TPSA) is 67.4 Å². The summed E-state index contributed by atoms with van der Waals surface area (Å²) in [5.41, 5.74) is 2.48. The van der Waals surface area contributed by atoms with Crippen LogP contribution in [0.5, 0.6) is 0 Å². The summed E-state index contributed by atoms with van der Waals surface area (Å²) in [7, 11) is 0. The van der Waals surface area contributed by atoms with Crippen LogP contribution in [0.3, 0.4) is 0 Å². The highest BCUT2D eigenvalue weighted by atomic mass is 16.5. The number of nitrogens with zero attached hydrogens (tertiary/aromatic N) is 3. The number of hydrogen-bond donors (Lipinski definition) is 1. The van der Waals surface area contributed by atoms with Crippen LogP contribution in [-0.4, -0.2) is 42.2 Å². The van der Waals surface area contributed by atoms with Crippen molar-refractivity contribution in [1.82, 2.24) is 15.3 Å². The molecule has 0 radical (unpaired) electrons. The third-order valence-electron chi connectivity index (χ3n) is 3.54. The number of carbonyl (C=O) groups excluding carboxylic acids is 1. The van der Waals surface area contributed by atoms with E-state index in [1.807, 2.05) is 18.2 Å². The summed E-state index contributed by atoms with van der Waals surface area (Å²) in [5.74, 6) is -0.133. The molecule has 2 aromatic rings. The van der Waals surface area contributed by atoms with Gasteiger partial charge in [-0.1, -0.05) is 6.07 Å². The second-order valence-corrected chi connectivity index (χ2v) is 5.08. The minimum absolute atomic E-state index is 0.133. The summed E-state index contributed by atoms with van der Waals surface area (Å²) in [6.45, 7) is 3.51. The number of rotatable bonds is 4. The third kappa shape index (κ3) is 3.59. The average Bonchev–Trinajstić information content (AvgIpc) is 2.61. The zero-order valence-electron chi connectivity index (χ0n) is 12.2. The van der Waals surface area contributed by atoms with Gasteiger partial charge in [0.1, 0.15) is 0 Å². The van der Waals surface area contributed by atoms with E-state index in [1.165, 1.54) is 0 Å². The van der Waals surface area contributed by atoms with E-state index in [0.717, 1.165) is 24.3 Å². The van der Waals surface area contributed by atoms with Crippen molar-refractivity contribution in [2.24, 2.45) is 0 Å². The van der Waals surface area contributed by atoms with Crippen LogP contribution in [0.15, 0.2) is 43.0 Å². The third-order valence-corrected chi connectivity index (χ3v) is 3.54. The van der Waals surface area contributed by atoms with Gasteiger partial charge in [0, 0.05) is 38.2 Å². The first-order valence-electron chi connectivity index (χ1n) is 7.28. The monoisotopic (exact) mass is 298 g/mol. The predicted octanol–water partition coefficient (Wildman–Crippen LogP) is 1.24. The molecule has 0 spiro atoms. The smallest absolute Gasteiger partial charge is 0.253 e. The molecule has 1 fully saturated rings. The first-order valence-corrected chi connectivity index (χ1v) is 7.28. The van der Waals surface area contributed by atoms with Crippen LogP contribution in [0.25, 0.3) is 0 Å². The van der Waals surface area contributed by atoms with Crippen LogP contribution in [-0.2, 0) is 11.3 Å². The molecule has 22 heavy (non-hydrogen) atoms. The SMILES string of the molecule is O=C(NCc1cccnc1)c1cncc(N2CCOCC2)c1. The molecule has 2 aromatic heterocycles. The standard InChI is InChI=1S/C16H18N4O2/c21-16(19-10-13-2-1-3-17-9-13)14-8-15(12-18-11-14)20-4-6-22-7-5-20/h1-3,8-9,11-12H,4-7,10H2,(H,19,21). The summed E-state index contributed by atoms with van der Waals surface area (Å²) in [6, 6.07) is 5.65. The van der Waals surface area contributed by atoms with Crippen LogP contribution in [0.1, 0.15) is 15.9 Å². The number of nitrogens with one attached hydrogen (secondary N) is 1. The van der Waals surface area contributed by atoms with E-state index in [0.29, 0.717) is 25.3 Å². The molecule has 1 aliphatic heterocycles. The lowest BCUT2D eigenvalue weighted by molar-refractivity contribution is 0.0950. The van der Waals surface area contributed by atoms with Crippen LogP contribution < -0.4 is 10.2 Å². The Kier molecular flexibility index (Phi) is 4.60. The Morgan fingerprint density at radius 1 is 1.23 bits per heavy atom. The normalized spacial score (nSPS) is 14.6. The molecule has 3 heterocycles. The van der Waals surface area contributed by atoms with Gasteiger partial charge in [-0.05, 0) is 17.7 Å². The number of aromatic nitrogens is 2. The molecule has 1 N–H and O–H groups in total. The fourth-order valence-corrected chi connectivity index (χ4v) is 2.33. The van der Waals surface area contributed by atoms with Crippen molar-refractivity contribution in [2.75, 3.05) is 31.2 Å². The zero-order valence-corrected chi connectivity index (χ0v) is 12.2. The van der Waals surface area contributed by atoms with Gasteiger partial charge in [-0.25, -0.2) is 0 Å². The lowest BCUT2D eigenvalue weighted by Gasteiger charge is -2.28. The lowest BCUT2D eigenvalue weighted by atomic mass is 10.2. The minimum Gasteiger partial charge on any atom is -0.378 e. The molecule has 6 nitrogen and oxygen atoms in total. The fourth-order valence-electron chi connectivity index (χ4n) is 2.33. The molecule has 0 bridgehead atoms.